The minimum Gasteiger partial charge on any atom is -0.462 e. The van der Waals surface area contributed by atoms with E-state index in [-0.39, 0.29) is 39.1 Å². The summed E-state index contributed by atoms with van der Waals surface area (Å²) in [5.41, 5.74) is 1.76. The number of ketones is 1. The lowest BCUT2D eigenvalue weighted by Gasteiger charge is -2.70. The fourth-order valence-corrected chi connectivity index (χ4v) is 11.2. The molecule has 0 aromatic heterocycles. The fourth-order valence-electron chi connectivity index (χ4n) is 11.2. The smallest absolute Gasteiger partial charge is 0.313 e. The third-order valence-electron chi connectivity index (χ3n) is 13.1. The van der Waals surface area contributed by atoms with Crippen LogP contribution >= 0.6 is 0 Å². The predicted octanol–water partition coefficient (Wildman–Crippen LogP) is 6.75. The van der Waals surface area contributed by atoms with Crippen LogP contribution < -0.4 is 0 Å². The first-order valence-electron chi connectivity index (χ1n) is 13.8. The zero-order chi connectivity index (χ0) is 23.8. The van der Waals surface area contributed by atoms with E-state index in [4.69, 9.17) is 4.74 Å². The molecule has 0 N–H and O–H groups in total. The van der Waals surface area contributed by atoms with Gasteiger partial charge in [0, 0.05) is 30.1 Å². The van der Waals surface area contributed by atoms with Gasteiger partial charge in [-0.3, -0.25) is 9.59 Å². The van der Waals surface area contributed by atoms with Gasteiger partial charge in [-0.25, -0.2) is 0 Å². The monoisotopic (exact) mass is 452 g/mol. The van der Waals surface area contributed by atoms with Crippen LogP contribution in [0.1, 0.15) is 99.8 Å². The van der Waals surface area contributed by atoms with Gasteiger partial charge in [-0.2, -0.15) is 0 Å². The van der Waals surface area contributed by atoms with Crippen molar-refractivity contribution in [3.63, 3.8) is 0 Å². The summed E-state index contributed by atoms with van der Waals surface area (Å²) in [7, 11) is 0. The maximum atomic E-state index is 13.2. The van der Waals surface area contributed by atoms with Crippen molar-refractivity contribution in [2.75, 3.05) is 0 Å². The molecular weight excluding hydrogens is 408 g/mol. The number of rotatable bonds is 1. The highest BCUT2D eigenvalue weighted by molar-refractivity contribution is 5.85. The van der Waals surface area contributed by atoms with Gasteiger partial charge in [0.15, 0.2) is 0 Å². The number of carbonyl (C=O) groups excluding carboxylic acids is 2. The van der Waals surface area contributed by atoms with Gasteiger partial charge in [-0.05, 0) is 72.5 Å². The number of hydrogen-bond acceptors (Lipinski definition) is 3. The molecule has 182 valence electrons. The summed E-state index contributed by atoms with van der Waals surface area (Å²) < 4.78 is 5.96. The highest BCUT2D eigenvalue weighted by atomic mass is 16.6. The second-order valence-electron chi connectivity index (χ2n) is 14.5. The molecule has 4 saturated carbocycles. The Bertz CT molecular complexity index is 960. The molecule has 9 unspecified atom stereocenters. The Balaban J connectivity index is 1.46. The SMILES string of the molecule is CC(C)C1C2CC3(CCC4(C)C(=CCC5C6(C)CCC(=O)C(C)(C)C6CCC54C)C13)C(=O)O2. The van der Waals surface area contributed by atoms with Crippen LogP contribution in [0.15, 0.2) is 11.6 Å². The minimum atomic E-state index is -0.255. The Morgan fingerprint density at radius 1 is 0.970 bits per heavy atom. The standard InChI is InChI=1S/C30H44O3/c1-17(2)23-19-16-30(25(32)33-19)15-14-28(6)18(24(23)30)8-9-21-27(5)12-11-22(31)26(3,4)20(27)10-13-29(21,28)7/h8,17,19-21,23-24H,9-16H2,1-7H3. The van der Waals surface area contributed by atoms with E-state index in [0.717, 1.165) is 38.5 Å². The third-order valence-corrected chi connectivity index (χ3v) is 13.1. The quantitative estimate of drug-likeness (QED) is 0.326. The van der Waals surface area contributed by atoms with Gasteiger partial charge >= 0.3 is 5.97 Å². The fraction of sp³-hybridized carbons (Fsp3) is 0.867. The zero-order valence-electron chi connectivity index (χ0n) is 21.9. The van der Waals surface area contributed by atoms with Crippen molar-refractivity contribution in [1.82, 2.24) is 0 Å². The summed E-state index contributed by atoms with van der Waals surface area (Å²) in [6.45, 7) is 16.8. The van der Waals surface area contributed by atoms with E-state index >= 15 is 0 Å². The number of fused-ring (bicyclic) bond motifs is 7. The Kier molecular flexibility index (Phi) is 4.30. The van der Waals surface area contributed by atoms with E-state index in [0.29, 0.717) is 35.4 Å². The zero-order valence-corrected chi connectivity index (χ0v) is 21.9. The highest BCUT2D eigenvalue weighted by Crippen LogP contribution is 2.77. The van der Waals surface area contributed by atoms with Gasteiger partial charge in [0.05, 0.1) is 5.41 Å². The van der Waals surface area contributed by atoms with Crippen molar-refractivity contribution in [1.29, 1.82) is 0 Å². The normalized spacial score (nSPS) is 54.2. The Labute approximate surface area is 200 Å². The lowest BCUT2D eigenvalue weighted by atomic mass is 9.34. The molecule has 6 rings (SSSR count). The Morgan fingerprint density at radius 2 is 1.70 bits per heavy atom. The van der Waals surface area contributed by atoms with Crippen LogP contribution in [0.3, 0.4) is 0 Å². The first-order chi connectivity index (χ1) is 15.3. The molecule has 0 radical (unpaired) electrons. The van der Waals surface area contributed by atoms with Crippen molar-refractivity contribution in [3.05, 3.63) is 11.6 Å². The van der Waals surface area contributed by atoms with Gasteiger partial charge in [-0.1, -0.05) is 60.1 Å². The van der Waals surface area contributed by atoms with Crippen molar-refractivity contribution in [2.45, 2.75) is 106 Å². The van der Waals surface area contributed by atoms with E-state index < -0.39 is 0 Å². The van der Waals surface area contributed by atoms with Crippen LogP contribution in [0, 0.1) is 56.7 Å². The second-order valence-corrected chi connectivity index (χ2v) is 14.5. The lowest BCUT2D eigenvalue weighted by Crippen LogP contribution is -2.64. The summed E-state index contributed by atoms with van der Waals surface area (Å²) in [6, 6.07) is 0. The number of hydrogen-bond donors (Lipinski definition) is 0. The van der Waals surface area contributed by atoms with Gasteiger partial charge in [0.2, 0.25) is 0 Å². The van der Waals surface area contributed by atoms with E-state index in [1.165, 1.54) is 12.8 Å². The molecule has 3 heteroatoms. The topological polar surface area (TPSA) is 43.4 Å². The van der Waals surface area contributed by atoms with Gasteiger partial charge in [-0.15, -0.1) is 0 Å². The number of esters is 1. The molecule has 0 aromatic carbocycles. The van der Waals surface area contributed by atoms with Crippen LogP contribution in [-0.2, 0) is 14.3 Å². The first-order valence-corrected chi connectivity index (χ1v) is 13.8. The second kappa shape index (κ2) is 6.35. The average molecular weight is 453 g/mol. The molecule has 2 bridgehead atoms. The maximum absolute atomic E-state index is 13.2. The third kappa shape index (κ3) is 2.34. The molecular formula is C30H44O3. The molecule has 1 saturated heterocycles. The van der Waals surface area contributed by atoms with Crippen LogP contribution in [-0.4, -0.2) is 17.9 Å². The molecule has 1 heterocycles. The van der Waals surface area contributed by atoms with E-state index in [1.807, 2.05) is 0 Å². The molecule has 6 aliphatic rings. The summed E-state index contributed by atoms with van der Waals surface area (Å²) in [4.78, 5) is 26.1. The molecule has 9 atom stereocenters. The molecule has 3 nitrogen and oxygen atoms in total. The van der Waals surface area contributed by atoms with E-state index in [2.05, 4.69) is 54.5 Å². The Hall–Kier alpha value is -1.12. The maximum Gasteiger partial charge on any atom is 0.313 e. The Morgan fingerprint density at radius 3 is 2.39 bits per heavy atom. The predicted molar refractivity (Wildman–Crippen MR) is 129 cm³/mol. The first kappa shape index (κ1) is 22.4. The lowest BCUT2D eigenvalue weighted by molar-refractivity contribution is -0.189. The van der Waals surface area contributed by atoms with Crippen LogP contribution in [0.25, 0.3) is 0 Å². The minimum absolute atomic E-state index is 0.104. The number of Topliss-reactive ketones (excluding diaryl/α,β-unsaturated/α-hetero) is 1. The highest BCUT2D eigenvalue weighted by Gasteiger charge is 2.74. The van der Waals surface area contributed by atoms with Crippen molar-refractivity contribution in [3.8, 4) is 0 Å². The molecule has 1 aliphatic heterocycles. The van der Waals surface area contributed by atoms with Crippen LogP contribution in [0.5, 0.6) is 0 Å². The summed E-state index contributed by atoms with van der Waals surface area (Å²) in [6.07, 6.45) is 11.1. The van der Waals surface area contributed by atoms with Crippen molar-refractivity contribution < 1.29 is 14.3 Å². The van der Waals surface area contributed by atoms with Crippen LogP contribution in [0.2, 0.25) is 0 Å². The number of allylic oxidation sites excluding steroid dienone is 2. The van der Waals surface area contributed by atoms with E-state index in [1.54, 1.807) is 5.57 Å². The molecule has 1 spiro atoms. The van der Waals surface area contributed by atoms with Crippen molar-refractivity contribution in [2.24, 2.45) is 56.7 Å². The van der Waals surface area contributed by atoms with Gasteiger partial charge in [0.25, 0.3) is 0 Å². The number of carbonyl (C=O) groups is 2. The molecule has 0 aromatic rings. The molecule has 33 heavy (non-hydrogen) atoms. The average Bonchev–Trinajstić information content (AvgIpc) is 3.23. The van der Waals surface area contributed by atoms with E-state index in [9.17, 15) is 9.59 Å². The summed E-state index contributed by atoms with van der Waals surface area (Å²) in [5, 5.41) is 0. The van der Waals surface area contributed by atoms with Gasteiger partial charge < -0.3 is 4.74 Å². The number of ether oxygens (including phenoxy) is 1. The summed E-state index contributed by atoms with van der Waals surface area (Å²) >= 11 is 0. The van der Waals surface area contributed by atoms with Crippen molar-refractivity contribution >= 4 is 11.8 Å². The molecule has 5 aliphatic carbocycles. The molecule has 0 amide bonds. The van der Waals surface area contributed by atoms with Crippen LogP contribution in [0.4, 0.5) is 0 Å². The van der Waals surface area contributed by atoms with Gasteiger partial charge in [0.1, 0.15) is 11.9 Å². The largest absolute Gasteiger partial charge is 0.462 e. The summed E-state index contributed by atoms with van der Waals surface area (Å²) in [5.74, 6) is 3.05. The molecule has 5 fully saturated rings.